The molecular weight excluding hydrogens is 190 g/mol. The third-order valence-electron chi connectivity index (χ3n) is 2.70. The Bertz CT molecular complexity index is 308. The van der Waals surface area contributed by atoms with Crippen LogP contribution in [0.2, 0.25) is 0 Å². The number of hydrogen-bond acceptors (Lipinski definition) is 3. The lowest BCUT2D eigenvalue weighted by molar-refractivity contribution is 0.185. The Kier molecular flexibility index (Phi) is 3.59. The normalized spacial score (nSPS) is 20.7. The Morgan fingerprint density at radius 2 is 2.40 bits per heavy atom. The van der Waals surface area contributed by atoms with Gasteiger partial charge in [-0.05, 0) is 30.0 Å². The fraction of sp³-hybridized carbons (Fsp3) is 0.500. The molecule has 0 radical (unpaired) electrons. The molecule has 3 heteroatoms. The van der Waals surface area contributed by atoms with Crippen LogP contribution in [-0.2, 0) is 11.3 Å². The maximum atomic E-state index is 9.28. The number of hydrogen-bond donors (Lipinski definition) is 2. The van der Waals surface area contributed by atoms with Crippen LogP contribution in [0.1, 0.15) is 12.0 Å². The lowest BCUT2D eigenvalue weighted by Crippen LogP contribution is -2.22. The fourth-order valence-electron chi connectivity index (χ4n) is 1.83. The summed E-state index contributed by atoms with van der Waals surface area (Å²) in [5.41, 5.74) is 1.12. The van der Waals surface area contributed by atoms with E-state index in [0.717, 1.165) is 38.3 Å². The van der Waals surface area contributed by atoms with Crippen molar-refractivity contribution in [3.05, 3.63) is 29.8 Å². The van der Waals surface area contributed by atoms with Gasteiger partial charge in [-0.1, -0.05) is 12.1 Å². The SMILES string of the molecule is Oc1cccc(CNCC2CCOC2)c1. The van der Waals surface area contributed by atoms with Crippen LogP contribution in [0, 0.1) is 5.92 Å². The molecule has 1 atom stereocenters. The van der Waals surface area contributed by atoms with Crippen LogP contribution >= 0.6 is 0 Å². The quantitative estimate of drug-likeness (QED) is 0.786. The predicted molar refractivity (Wildman–Crippen MR) is 58.7 cm³/mol. The van der Waals surface area contributed by atoms with Crippen LogP contribution in [-0.4, -0.2) is 24.9 Å². The maximum absolute atomic E-state index is 9.28. The second-order valence-corrected chi connectivity index (χ2v) is 4.03. The number of phenolic OH excluding ortho intramolecular Hbond substituents is 1. The molecule has 1 aliphatic rings. The molecule has 3 nitrogen and oxygen atoms in total. The van der Waals surface area contributed by atoms with E-state index in [9.17, 15) is 5.11 Å². The van der Waals surface area contributed by atoms with Gasteiger partial charge in [0.05, 0.1) is 6.61 Å². The van der Waals surface area contributed by atoms with Crippen molar-refractivity contribution in [1.29, 1.82) is 0 Å². The first-order valence-electron chi connectivity index (χ1n) is 5.41. The van der Waals surface area contributed by atoms with Gasteiger partial charge in [-0.25, -0.2) is 0 Å². The van der Waals surface area contributed by atoms with Gasteiger partial charge in [0.1, 0.15) is 5.75 Å². The fourth-order valence-corrected chi connectivity index (χ4v) is 1.83. The van der Waals surface area contributed by atoms with Gasteiger partial charge in [-0.15, -0.1) is 0 Å². The van der Waals surface area contributed by atoms with Crippen molar-refractivity contribution < 1.29 is 9.84 Å². The lowest BCUT2D eigenvalue weighted by Gasteiger charge is -2.09. The number of aromatic hydroxyl groups is 1. The molecule has 82 valence electrons. The van der Waals surface area contributed by atoms with E-state index in [4.69, 9.17) is 4.74 Å². The second kappa shape index (κ2) is 5.14. The van der Waals surface area contributed by atoms with E-state index < -0.39 is 0 Å². The largest absolute Gasteiger partial charge is 0.508 e. The van der Waals surface area contributed by atoms with Gasteiger partial charge in [-0.3, -0.25) is 0 Å². The van der Waals surface area contributed by atoms with Gasteiger partial charge < -0.3 is 15.2 Å². The number of benzene rings is 1. The molecule has 0 aromatic heterocycles. The van der Waals surface area contributed by atoms with E-state index in [0.29, 0.717) is 11.7 Å². The molecule has 1 fully saturated rings. The summed E-state index contributed by atoms with van der Waals surface area (Å²) in [5, 5.41) is 12.7. The summed E-state index contributed by atoms with van der Waals surface area (Å²) in [6.07, 6.45) is 1.16. The predicted octanol–water partition coefficient (Wildman–Crippen LogP) is 1.52. The van der Waals surface area contributed by atoms with E-state index in [1.54, 1.807) is 12.1 Å². The third-order valence-corrected chi connectivity index (χ3v) is 2.70. The molecule has 0 aliphatic carbocycles. The molecule has 0 bridgehead atoms. The van der Waals surface area contributed by atoms with Crippen LogP contribution in [0.3, 0.4) is 0 Å². The summed E-state index contributed by atoms with van der Waals surface area (Å²) in [6, 6.07) is 7.36. The van der Waals surface area contributed by atoms with Crippen molar-refractivity contribution in [3.63, 3.8) is 0 Å². The summed E-state index contributed by atoms with van der Waals surface area (Å²) in [7, 11) is 0. The summed E-state index contributed by atoms with van der Waals surface area (Å²) in [4.78, 5) is 0. The average molecular weight is 207 g/mol. The van der Waals surface area contributed by atoms with Gasteiger partial charge >= 0.3 is 0 Å². The maximum Gasteiger partial charge on any atom is 0.115 e. The standard InChI is InChI=1S/C12H17NO2/c14-12-3-1-2-10(6-12)7-13-8-11-4-5-15-9-11/h1-3,6,11,13-14H,4-5,7-9H2. The summed E-state index contributed by atoms with van der Waals surface area (Å²) >= 11 is 0. The van der Waals surface area contributed by atoms with Gasteiger partial charge in [0.15, 0.2) is 0 Å². The Morgan fingerprint density at radius 1 is 1.47 bits per heavy atom. The van der Waals surface area contributed by atoms with Gasteiger partial charge in [0.2, 0.25) is 0 Å². The van der Waals surface area contributed by atoms with Crippen molar-refractivity contribution in [2.45, 2.75) is 13.0 Å². The molecule has 1 unspecified atom stereocenters. The third kappa shape index (κ3) is 3.22. The highest BCUT2D eigenvalue weighted by Crippen LogP contribution is 2.12. The summed E-state index contributed by atoms with van der Waals surface area (Å²) in [6.45, 7) is 3.59. The van der Waals surface area contributed by atoms with E-state index in [1.165, 1.54) is 0 Å². The first-order chi connectivity index (χ1) is 7.34. The molecule has 15 heavy (non-hydrogen) atoms. The Labute approximate surface area is 90.1 Å². The average Bonchev–Trinajstić information content (AvgIpc) is 2.71. The molecule has 0 spiro atoms. The van der Waals surface area contributed by atoms with E-state index >= 15 is 0 Å². The highest BCUT2D eigenvalue weighted by Gasteiger charge is 2.14. The first kappa shape index (κ1) is 10.5. The minimum absolute atomic E-state index is 0.332. The van der Waals surface area contributed by atoms with Gasteiger partial charge in [0, 0.05) is 19.7 Å². The monoisotopic (exact) mass is 207 g/mol. The second-order valence-electron chi connectivity index (χ2n) is 4.03. The van der Waals surface area contributed by atoms with Crippen LogP contribution in [0.25, 0.3) is 0 Å². The van der Waals surface area contributed by atoms with Crippen molar-refractivity contribution in [1.82, 2.24) is 5.32 Å². The van der Waals surface area contributed by atoms with E-state index in [1.807, 2.05) is 12.1 Å². The zero-order valence-electron chi connectivity index (χ0n) is 8.78. The van der Waals surface area contributed by atoms with Crippen LogP contribution in [0.15, 0.2) is 24.3 Å². The highest BCUT2D eigenvalue weighted by atomic mass is 16.5. The molecule has 1 aromatic carbocycles. The molecule has 1 heterocycles. The molecule has 2 rings (SSSR count). The molecule has 1 aromatic rings. The van der Waals surface area contributed by atoms with Gasteiger partial charge in [0.25, 0.3) is 0 Å². The van der Waals surface area contributed by atoms with Crippen LogP contribution in [0.5, 0.6) is 5.75 Å². The lowest BCUT2D eigenvalue weighted by atomic mass is 10.1. The van der Waals surface area contributed by atoms with Crippen molar-refractivity contribution >= 4 is 0 Å². The zero-order valence-corrected chi connectivity index (χ0v) is 8.78. The summed E-state index contributed by atoms with van der Waals surface area (Å²) in [5.74, 6) is 0.987. The Morgan fingerprint density at radius 3 is 3.13 bits per heavy atom. The number of ether oxygens (including phenoxy) is 1. The minimum atomic E-state index is 0.332. The molecule has 0 saturated carbocycles. The molecule has 2 N–H and O–H groups in total. The van der Waals surface area contributed by atoms with E-state index in [2.05, 4.69) is 5.32 Å². The Hall–Kier alpha value is -1.06. The topological polar surface area (TPSA) is 41.5 Å². The van der Waals surface area contributed by atoms with Crippen molar-refractivity contribution in [2.75, 3.05) is 19.8 Å². The smallest absolute Gasteiger partial charge is 0.115 e. The van der Waals surface area contributed by atoms with Crippen LogP contribution < -0.4 is 5.32 Å². The summed E-state index contributed by atoms with van der Waals surface area (Å²) < 4.78 is 5.30. The number of rotatable bonds is 4. The van der Waals surface area contributed by atoms with Gasteiger partial charge in [-0.2, -0.15) is 0 Å². The van der Waals surface area contributed by atoms with E-state index in [-0.39, 0.29) is 0 Å². The van der Waals surface area contributed by atoms with Crippen molar-refractivity contribution in [2.24, 2.45) is 5.92 Å². The zero-order chi connectivity index (χ0) is 10.5. The van der Waals surface area contributed by atoms with Crippen molar-refractivity contribution in [3.8, 4) is 5.75 Å². The Balaban J connectivity index is 1.73. The number of phenols is 1. The molecule has 1 saturated heterocycles. The number of nitrogens with one attached hydrogen (secondary N) is 1. The molecule has 0 amide bonds. The molecule has 1 aliphatic heterocycles. The minimum Gasteiger partial charge on any atom is -0.508 e. The molecular formula is C12H17NO2. The van der Waals surface area contributed by atoms with Crippen LogP contribution in [0.4, 0.5) is 0 Å². The first-order valence-corrected chi connectivity index (χ1v) is 5.41. The highest BCUT2D eigenvalue weighted by molar-refractivity contribution is 5.26.